The Kier molecular flexibility index (Phi) is 6.56. The maximum absolute atomic E-state index is 14.8. The highest BCUT2D eigenvalue weighted by atomic mass is 35.5. The number of pyridine rings is 3. The van der Waals surface area contributed by atoms with Gasteiger partial charge in [0.1, 0.15) is 12.0 Å². The molecule has 4 aromatic rings. The molecular weight excluding hydrogens is 493 g/mol. The summed E-state index contributed by atoms with van der Waals surface area (Å²) in [5.41, 5.74) is 4.57. The summed E-state index contributed by atoms with van der Waals surface area (Å²) in [5, 5.41) is 12.5. The van der Waals surface area contributed by atoms with Crippen molar-refractivity contribution in [2.45, 2.75) is 6.23 Å². The number of hydrogen-bond donors (Lipinski definition) is 1. The van der Waals surface area contributed by atoms with Gasteiger partial charge in [-0.05, 0) is 59.7 Å². The minimum atomic E-state index is -0.862. The van der Waals surface area contributed by atoms with Gasteiger partial charge in [-0.2, -0.15) is 0 Å². The number of aliphatic hydroxyl groups excluding tert-OH is 1. The van der Waals surface area contributed by atoms with Crippen molar-refractivity contribution in [1.29, 1.82) is 0 Å². The van der Waals surface area contributed by atoms with Gasteiger partial charge in [-0.25, -0.2) is 14.4 Å². The summed E-state index contributed by atoms with van der Waals surface area (Å²) in [5.74, 6) is -0.422. The van der Waals surface area contributed by atoms with Gasteiger partial charge >= 0.3 is 0 Å². The molecule has 5 heterocycles. The van der Waals surface area contributed by atoms with Gasteiger partial charge in [-0.3, -0.25) is 9.88 Å². The smallest absolute Gasteiger partial charge is 0.160 e. The minimum absolute atomic E-state index is 0.292. The molecule has 9 heteroatoms. The Labute approximate surface area is 218 Å². The van der Waals surface area contributed by atoms with E-state index >= 15 is 0 Å². The molecule has 1 atom stereocenters. The zero-order valence-corrected chi connectivity index (χ0v) is 20.8. The molecule has 1 fully saturated rings. The molecule has 0 amide bonds. The minimum Gasteiger partial charge on any atom is -0.379 e. The van der Waals surface area contributed by atoms with E-state index in [1.165, 1.54) is 12.1 Å². The number of aromatic nitrogens is 3. The van der Waals surface area contributed by atoms with Crippen molar-refractivity contribution in [2.24, 2.45) is 0 Å². The number of halogens is 2. The lowest BCUT2D eigenvalue weighted by atomic mass is 9.90. The number of benzene rings is 1. The molecule has 0 bridgehead atoms. The lowest BCUT2D eigenvalue weighted by Gasteiger charge is -2.37. The number of anilines is 1. The first-order valence-electron chi connectivity index (χ1n) is 12.2. The van der Waals surface area contributed by atoms with Crippen LogP contribution in [-0.2, 0) is 4.74 Å². The molecule has 0 aliphatic carbocycles. The van der Waals surface area contributed by atoms with Gasteiger partial charge in [0.25, 0.3) is 0 Å². The molecule has 37 heavy (non-hydrogen) atoms. The zero-order valence-electron chi connectivity index (χ0n) is 20.0. The van der Waals surface area contributed by atoms with Gasteiger partial charge in [0.05, 0.1) is 30.8 Å². The van der Waals surface area contributed by atoms with Gasteiger partial charge in [0.15, 0.2) is 5.65 Å². The van der Waals surface area contributed by atoms with E-state index in [-0.39, 0.29) is 0 Å². The molecule has 0 saturated carbocycles. The SMILES string of the molecule is OC1C=C(c2cc(-c3cc(Cl)ccc3F)nc3ncccc23)c2ccncc2N1CCN1CCOCC1. The number of hydrogen-bond acceptors (Lipinski definition) is 7. The molecule has 6 rings (SSSR count). The Bertz CT molecular complexity index is 1490. The van der Waals surface area contributed by atoms with Crippen LogP contribution in [0.1, 0.15) is 11.1 Å². The standard InChI is InChI=1S/C28H25ClFN5O2/c29-18-3-4-24(30)23(14-18)25-15-21(20-2-1-6-32-28(20)33-25)22-16-27(36)35(26-17-31-7-5-19(22)26)9-8-34-10-12-37-13-11-34/h1-7,14-17,27,36H,8-13H2. The van der Waals surface area contributed by atoms with E-state index in [2.05, 4.69) is 19.9 Å². The van der Waals surface area contributed by atoms with Crippen LogP contribution in [0.2, 0.25) is 5.02 Å². The van der Waals surface area contributed by atoms with Gasteiger partial charge in [0.2, 0.25) is 0 Å². The Balaban J connectivity index is 1.45. The van der Waals surface area contributed by atoms with Gasteiger partial charge in [-0.1, -0.05) is 11.6 Å². The van der Waals surface area contributed by atoms with Crippen molar-refractivity contribution < 1.29 is 14.2 Å². The van der Waals surface area contributed by atoms with Crippen molar-refractivity contribution >= 4 is 33.9 Å². The summed E-state index contributed by atoms with van der Waals surface area (Å²) in [7, 11) is 0. The molecule has 2 aliphatic heterocycles. The fourth-order valence-corrected chi connectivity index (χ4v) is 5.16. The van der Waals surface area contributed by atoms with Crippen LogP contribution in [0.5, 0.6) is 0 Å². The van der Waals surface area contributed by atoms with Crippen LogP contribution in [0, 0.1) is 5.82 Å². The second kappa shape index (κ2) is 10.1. The topological polar surface area (TPSA) is 74.6 Å². The molecule has 1 aromatic carbocycles. The van der Waals surface area contributed by atoms with Crippen molar-refractivity contribution in [3.8, 4) is 11.3 Å². The summed E-state index contributed by atoms with van der Waals surface area (Å²) in [6.07, 6.45) is 6.15. The number of aliphatic hydroxyl groups is 1. The molecule has 0 radical (unpaired) electrons. The van der Waals surface area contributed by atoms with E-state index in [4.69, 9.17) is 16.3 Å². The Hall–Kier alpha value is -3.43. The second-order valence-corrected chi connectivity index (χ2v) is 9.52. The van der Waals surface area contributed by atoms with E-state index in [1.54, 1.807) is 24.7 Å². The molecule has 1 unspecified atom stereocenters. The van der Waals surface area contributed by atoms with Crippen molar-refractivity contribution in [2.75, 3.05) is 44.3 Å². The Morgan fingerprint density at radius 1 is 1.03 bits per heavy atom. The third-order valence-corrected chi connectivity index (χ3v) is 7.11. The number of rotatable bonds is 5. The molecule has 1 saturated heterocycles. The Morgan fingerprint density at radius 3 is 2.76 bits per heavy atom. The largest absolute Gasteiger partial charge is 0.379 e. The van der Waals surface area contributed by atoms with Crippen LogP contribution in [-0.4, -0.2) is 70.6 Å². The molecule has 2 aliphatic rings. The molecular formula is C28H25ClFN5O2. The third-order valence-electron chi connectivity index (χ3n) is 6.87. The van der Waals surface area contributed by atoms with Crippen LogP contribution >= 0.6 is 11.6 Å². The monoisotopic (exact) mass is 517 g/mol. The first kappa shape index (κ1) is 23.9. The summed E-state index contributed by atoms with van der Waals surface area (Å²) in [4.78, 5) is 17.7. The maximum Gasteiger partial charge on any atom is 0.160 e. The highest BCUT2D eigenvalue weighted by Gasteiger charge is 2.28. The average molecular weight is 518 g/mol. The fraction of sp³-hybridized carbons (Fsp3) is 0.250. The molecule has 7 nitrogen and oxygen atoms in total. The number of nitrogens with zero attached hydrogens (tertiary/aromatic N) is 5. The van der Waals surface area contributed by atoms with Crippen LogP contribution < -0.4 is 4.90 Å². The van der Waals surface area contributed by atoms with Crippen molar-refractivity contribution in [1.82, 2.24) is 19.9 Å². The lowest BCUT2D eigenvalue weighted by Crippen LogP contribution is -2.45. The Morgan fingerprint density at radius 2 is 1.89 bits per heavy atom. The molecule has 0 spiro atoms. The highest BCUT2D eigenvalue weighted by molar-refractivity contribution is 6.30. The quantitative estimate of drug-likeness (QED) is 0.421. The van der Waals surface area contributed by atoms with Crippen LogP contribution in [0.25, 0.3) is 27.9 Å². The number of fused-ring (bicyclic) bond motifs is 2. The predicted octanol–water partition coefficient (Wildman–Crippen LogP) is 4.39. The summed E-state index contributed by atoms with van der Waals surface area (Å²) < 4.78 is 20.3. The van der Waals surface area contributed by atoms with E-state index in [1.807, 2.05) is 35.2 Å². The number of ether oxygens (including phenoxy) is 1. The molecule has 3 aromatic heterocycles. The third kappa shape index (κ3) is 4.69. The maximum atomic E-state index is 14.8. The first-order chi connectivity index (χ1) is 18.1. The van der Waals surface area contributed by atoms with Gasteiger partial charge < -0.3 is 14.7 Å². The van der Waals surface area contributed by atoms with E-state index < -0.39 is 12.0 Å². The molecule has 1 N–H and O–H groups in total. The van der Waals surface area contributed by atoms with E-state index in [0.29, 0.717) is 28.5 Å². The predicted molar refractivity (Wildman–Crippen MR) is 142 cm³/mol. The normalized spacial score (nSPS) is 18.1. The second-order valence-electron chi connectivity index (χ2n) is 9.09. The fourth-order valence-electron chi connectivity index (χ4n) is 4.99. The summed E-state index contributed by atoms with van der Waals surface area (Å²) >= 11 is 6.18. The van der Waals surface area contributed by atoms with E-state index in [0.717, 1.165) is 60.6 Å². The van der Waals surface area contributed by atoms with Crippen LogP contribution in [0.4, 0.5) is 10.1 Å². The average Bonchev–Trinajstić information content (AvgIpc) is 2.93. The van der Waals surface area contributed by atoms with Crippen LogP contribution in [0.15, 0.2) is 67.1 Å². The highest BCUT2D eigenvalue weighted by Crippen LogP contribution is 2.40. The molecule has 188 valence electrons. The van der Waals surface area contributed by atoms with E-state index in [9.17, 15) is 9.50 Å². The zero-order chi connectivity index (χ0) is 25.4. The first-order valence-corrected chi connectivity index (χ1v) is 12.6. The van der Waals surface area contributed by atoms with Crippen LogP contribution in [0.3, 0.4) is 0 Å². The summed E-state index contributed by atoms with van der Waals surface area (Å²) in [6, 6.07) is 12.0. The van der Waals surface area contributed by atoms with Gasteiger partial charge in [-0.15, -0.1) is 0 Å². The van der Waals surface area contributed by atoms with Crippen molar-refractivity contribution in [3.05, 3.63) is 89.1 Å². The number of morpholine rings is 1. The van der Waals surface area contributed by atoms with Gasteiger partial charge in [0, 0.05) is 60.1 Å². The summed E-state index contributed by atoms with van der Waals surface area (Å²) in [6.45, 7) is 4.65. The lowest BCUT2D eigenvalue weighted by molar-refractivity contribution is 0.0382. The van der Waals surface area contributed by atoms with Crippen molar-refractivity contribution in [3.63, 3.8) is 0 Å².